The van der Waals surface area contributed by atoms with Crippen LogP contribution >= 0.6 is 11.6 Å². The van der Waals surface area contributed by atoms with Crippen LogP contribution < -0.4 is 0 Å². The monoisotopic (exact) mass is 292 g/mol. The molecule has 4 nitrogen and oxygen atoms in total. The van der Waals surface area contributed by atoms with Crippen molar-refractivity contribution in [3.8, 4) is 0 Å². The minimum absolute atomic E-state index is 0.0568. The zero-order valence-electron chi connectivity index (χ0n) is 12.0. The molecular formula is C15H17ClN2O2. The van der Waals surface area contributed by atoms with Gasteiger partial charge in [-0.15, -0.1) is 0 Å². The number of carbonyl (C=O) groups excluding carboxylic acids is 2. The molecule has 0 saturated carbocycles. The number of allylic oxidation sites excluding steroid dienone is 1. The van der Waals surface area contributed by atoms with Crippen molar-refractivity contribution in [1.29, 1.82) is 0 Å². The van der Waals surface area contributed by atoms with Crippen molar-refractivity contribution in [3.05, 3.63) is 46.1 Å². The Bertz CT molecular complexity index is 610. The molecule has 1 aromatic rings. The highest BCUT2D eigenvalue weighted by molar-refractivity contribution is 6.31. The highest BCUT2D eigenvalue weighted by atomic mass is 35.5. The number of likely N-dealkylation sites (N-methyl/N-ethyl adjacent to an activating group) is 1. The van der Waals surface area contributed by atoms with Gasteiger partial charge < -0.3 is 9.80 Å². The zero-order chi connectivity index (χ0) is 15.0. The summed E-state index contributed by atoms with van der Waals surface area (Å²) in [5, 5.41) is 0.549. The Morgan fingerprint density at radius 1 is 1.25 bits per heavy atom. The molecule has 2 amide bonds. The highest BCUT2D eigenvalue weighted by Gasteiger charge is 2.37. The summed E-state index contributed by atoms with van der Waals surface area (Å²) in [6, 6.07) is 6.69. The molecule has 0 aliphatic carbocycles. The average molecular weight is 293 g/mol. The average Bonchev–Trinajstić information content (AvgIpc) is 2.41. The van der Waals surface area contributed by atoms with Crippen LogP contribution in [0.1, 0.15) is 25.5 Å². The van der Waals surface area contributed by atoms with Gasteiger partial charge in [0.25, 0.3) is 0 Å². The van der Waals surface area contributed by atoms with Crippen molar-refractivity contribution in [2.45, 2.75) is 19.9 Å². The number of nitrogens with zero attached hydrogens (tertiary/aromatic N) is 2. The Morgan fingerprint density at radius 3 is 2.40 bits per heavy atom. The molecule has 5 heteroatoms. The number of Topliss-reactive ketones (excluding diaryl/α,β-unsaturated/α-hetero) is 1. The number of urea groups is 1. The van der Waals surface area contributed by atoms with Crippen molar-refractivity contribution in [2.24, 2.45) is 0 Å². The van der Waals surface area contributed by atoms with Gasteiger partial charge >= 0.3 is 6.03 Å². The molecule has 0 N–H and O–H groups in total. The normalized spacial score (nSPS) is 19.6. The van der Waals surface area contributed by atoms with E-state index in [0.29, 0.717) is 16.3 Å². The van der Waals surface area contributed by atoms with Gasteiger partial charge in [0.2, 0.25) is 0 Å². The maximum atomic E-state index is 12.3. The van der Waals surface area contributed by atoms with E-state index >= 15 is 0 Å². The molecule has 0 aromatic heterocycles. The van der Waals surface area contributed by atoms with Gasteiger partial charge in [0.15, 0.2) is 5.78 Å². The predicted molar refractivity (Wildman–Crippen MR) is 78.5 cm³/mol. The van der Waals surface area contributed by atoms with E-state index in [0.717, 1.165) is 5.56 Å². The lowest BCUT2D eigenvalue weighted by atomic mass is 9.91. The summed E-state index contributed by atoms with van der Waals surface area (Å²) in [6.07, 6.45) is 0. The molecule has 1 heterocycles. The Balaban J connectivity index is 2.68. The number of halogens is 1. The summed E-state index contributed by atoms with van der Waals surface area (Å²) < 4.78 is 0. The number of rotatable bonds is 2. The summed E-state index contributed by atoms with van der Waals surface area (Å²) in [5.74, 6) is -0.0568. The molecule has 0 spiro atoms. The van der Waals surface area contributed by atoms with E-state index in [-0.39, 0.29) is 11.8 Å². The lowest BCUT2D eigenvalue weighted by Gasteiger charge is -2.40. The molecule has 0 bridgehead atoms. The van der Waals surface area contributed by atoms with Gasteiger partial charge in [0.05, 0.1) is 6.04 Å². The lowest BCUT2D eigenvalue weighted by molar-refractivity contribution is -0.114. The molecule has 1 aliphatic heterocycles. The van der Waals surface area contributed by atoms with Crippen molar-refractivity contribution in [3.63, 3.8) is 0 Å². The molecule has 1 aliphatic rings. The Kier molecular flexibility index (Phi) is 3.86. The minimum atomic E-state index is -0.440. The molecule has 2 rings (SSSR count). The minimum Gasteiger partial charge on any atom is -0.316 e. The van der Waals surface area contributed by atoms with Crippen LogP contribution in [0.5, 0.6) is 0 Å². The summed E-state index contributed by atoms with van der Waals surface area (Å²) in [7, 11) is 3.35. The summed E-state index contributed by atoms with van der Waals surface area (Å²) >= 11 is 6.24. The van der Waals surface area contributed by atoms with Crippen LogP contribution in [-0.4, -0.2) is 35.7 Å². The first-order chi connectivity index (χ1) is 9.36. The topological polar surface area (TPSA) is 40.6 Å². The largest absolute Gasteiger partial charge is 0.324 e. The third-order valence-electron chi connectivity index (χ3n) is 3.72. The number of ketones is 1. The number of benzene rings is 1. The van der Waals surface area contributed by atoms with E-state index in [2.05, 4.69) is 0 Å². The quantitative estimate of drug-likeness (QED) is 0.839. The molecule has 0 radical (unpaired) electrons. The lowest BCUT2D eigenvalue weighted by Crippen LogP contribution is -2.46. The highest BCUT2D eigenvalue weighted by Crippen LogP contribution is 2.38. The molecule has 1 atom stereocenters. The smallest absolute Gasteiger partial charge is 0.316 e. The van der Waals surface area contributed by atoms with Gasteiger partial charge in [-0.2, -0.15) is 0 Å². The van der Waals surface area contributed by atoms with Gasteiger partial charge in [-0.25, -0.2) is 4.79 Å². The maximum absolute atomic E-state index is 12.3. The molecule has 1 unspecified atom stereocenters. The number of hydrogen-bond donors (Lipinski definition) is 0. The summed E-state index contributed by atoms with van der Waals surface area (Å²) in [4.78, 5) is 27.3. The second-order valence-corrected chi connectivity index (χ2v) is 5.34. The van der Waals surface area contributed by atoms with Gasteiger partial charge in [-0.1, -0.05) is 29.8 Å². The fraction of sp³-hybridized carbons (Fsp3) is 0.333. The van der Waals surface area contributed by atoms with E-state index in [9.17, 15) is 9.59 Å². The fourth-order valence-electron chi connectivity index (χ4n) is 2.57. The van der Waals surface area contributed by atoms with Crippen LogP contribution in [-0.2, 0) is 4.79 Å². The standard InChI is InChI=1S/C15H17ClN2O2/c1-9-13(10(2)19)14(18(4)15(20)17(9)3)11-7-5-6-8-12(11)16/h5-8,14H,1-4H3. The third kappa shape index (κ3) is 2.20. The zero-order valence-corrected chi connectivity index (χ0v) is 12.7. The second-order valence-electron chi connectivity index (χ2n) is 4.93. The predicted octanol–water partition coefficient (Wildman–Crippen LogP) is 3.24. The molecule has 0 fully saturated rings. The van der Waals surface area contributed by atoms with Crippen LogP contribution in [0, 0.1) is 0 Å². The van der Waals surface area contributed by atoms with Crippen molar-refractivity contribution >= 4 is 23.4 Å². The van der Waals surface area contributed by atoms with Gasteiger partial charge in [-0.05, 0) is 25.5 Å². The molecule has 0 saturated heterocycles. The van der Waals surface area contributed by atoms with Crippen LogP contribution in [0.3, 0.4) is 0 Å². The Morgan fingerprint density at radius 2 is 1.85 bits per heavy atom. The molecule has 1 aromatic carbocycles. The van der Waals surface area contributed by atoms with Crippen molar-refractivity contribution < 1.29 is 9.59 Å². The maximum Gasteiger partial charge on any atom is 0.324 e. The van der Waals surface area contributed by atoms with Gasteiger partial charge in [0.1, 0.15) is 0 Å². The first kappa shape index (κ1) is 14.6. The van der Waals surface area contributed by atoms with Crippen molar-refractivity contribution in [2.75, 3.05) is 14.1 Å². The van der Waals surface area contributed by atoms with Gasteiger partial charge in [-0.3, -0.25) is 4.79 Å². The van der Waals surface area contributed by atoms with E-state index in [1.165, 1.54) is 11.8 Å². The van der Waals surface area contributed by atoms with Gasteiger partial charge in [0, 0.05) is 30.4 Å². The summed E-state index contributed by atoms with van der Waals surface area (Å²) in [6.45, 7) is 3.30. The number of hydrogen-bond acceptors (Lipinski definition) is 2. The molecular weight excluding hydrogens is 276 g/mol. The SMILES string of the molecule is CC(=O)C1=C(C)N(C)C(=O)N(C)C1c1ccccc1Cl. The van der Waals surface area contributed by atoms with Crippen LogP contribution in [0.15, 0.2) is 35.5 Å². The van der Waals surface area contributed by atoms with Crippen molar-refractivity contribution in [1.82, 2.24) is 9.80 Å². The van der Waals surface area contributed by atoms with Crippen LogP contribution in [0.4, 0.5) is 4.79 Å². The fourth-order valence-corrected chi connectivity index (χ4v) is 2.81. The first-order valence-electron chi connectivity index (χ1n) is 6.33. The van der Waals surface area contributed by atoms with E-state index in [1.54, 1.807) is 32.0 Å². The second kappa shape index (κ2) is 5.29. The van der Waals surface area contributed by atoms with Crippen LogP contribution in [0.25, 0.3) is 0 Å². The van der Waals surface area contributed by atoms with E-state index in [1.807, 2.05) is 18.2 Å². The number of carbonyl (C=O) groups is 2. The van der Waals surface area contributed by atoms with E-state index in [4.69, 9.17) is 11.6 Å². The summed E-state index contributed by atoms with van der Waals surface area (Å²) in [5.41, 5.74) is 2.04. The third-order valence-corrected chi connectivity index (χ3v) is 4.07. The Hall–Kier alpha value is -1.81. The van der Waals surface area contributed by atoms with Crippen LogP contribution in [0.2, 0.25) is 5.02 Å². The van der Waals surface area contributed by atoms with E-state index < -0.39 is 6.04 Å². The Labute approximate surface area is 123 Å². The first-order valence-corrected chi connectivity index (χ1v) is 6.70. The molecule has 20 heavy (non-hydrogen) atoms. The number of amides is 2. The molecule has 106 valence electrons.